The van der Waals surface area contributed by atoms with Crippen molar-refractivity contribution < 1.29 is 9.59 Å². The lowest BCUT2D eigenvalue weighted by Gasteiger charge is -2.24. The summed E-state index contributed by atoms with van der Waals surface area (Å²) in [7, 11) is 1.66. The molecule has 4 N–H and O–H groups in total. The number of rotatable bonds is 4. The summed E-state index contributed by atoms with van der Waals surface area (Å²) in [5, 5.41) is 1.10. The van der Waals surface area contributed by atoms with E-state index in [2.05, 4.69) is 4.98 Å². The van der Waals surface area contributed by atoms with Gasteiger partial charge in [-0.3, -0.25) is 9.59 Å². The molecule has 1 aromatic rings. The Kier molecular flexibility index (Phi) is 4.62. The highest BCUT2D eigenvalue weighted by Gasteiger charge is 2.29. The standard InChI is InChI=1S/C14H23N5O2/c1-3-10(20)19(16)14-11(9-7-5-4-6-8-9)17-13(12(15)21)18(14)2/h9H,3-8,16H2,1-2H3,(H2,15,21). The second-order valence-corrected chi connectivity index (χ2v) is 5.52. The van der Waals surface area contributed by atoms with Crippen LogP contribution in [0.5, 0.6) is 0 Å². The van der Waals surface area contributed by atoms with Crippen LogP contribution in [0, 0.1) is 0 Å². The number of hydrogen-bond donors (Lipinski definition) is 2. The summed E-state index contributed by atoms with van der Waals surface area (Å²) in [5.41, 5.74) is 6.09. The minimum Gasteiger partial charge on any atom is -0.363 e. The van der Waals surface area contributed by atoms with Crippen LogP contribution in [0.3, 0.4) is 0 Å². The van der Waals surface area contributed by atoms with Crippen LogP contribution in [0.4, 0.5) is 5.82 Å². The van der Waals surface area contributed by atoms with Crippen molar-refractivity contribution in [3.05, 3.63) is 11.5 Å². The highest BCUT2D eigenvalue weighted by Crippen LogP contribution is 2.37. The van der Waals surface area contributed by atoms with E-state index in [9.17, 15) is 9.59 Å². The van der Waals surface area contributed by atoms with Crippen molar-refractivity contribution in [3.63, 3.8) is 0 Å². The second-order valence-electron chi connectivity index (χ2n) is 5.52. The minimum absolute atomic E-state index is 0.143. The molecule has 2 rings (SSSR count). The van der Waals surface area contributed by atoms with E-state index in [1.165, 1.54) is 11.0 Å². The van der Waals surface area contributed by atoms with Crippen LogP contribution in [-0.2, 0) is 11.8 Å². The van der Waals surface area contributed by atoms with Crippen molar-refractivity contribution in [3.8, 4) is 0 Å². The Morgan fingerprint density at radius 3 is 2.48 bits per heavy atom. The van der Waals surface area contributed by atoms with E-state index in [0.29, 0.717) is 5.82 Å². The maximum absolute atomic E-state index is 11.9. The van der Waals surface area contributed by atoms with E-state index in [1.54, 1.807) is 14.0 Å². The average Bonchev–Trinajstić information content (AvgIpc) is 2.84. The first-order chi connectivity index (χ1) is 9.97. The van der Waals surface area contributed by atoms with Gasteiger partial charge in [-0.25, -0.2) is 15.8 Å². The highest BCUT2D eigenvalue weighted by molar-refractivity contribution is 5.94. The maximum atomic E-state index is 11.9. The summed E-state index contributed by atoms with van der Waals surface area (Å²) in [6, 6.07) is 0. The van der Waals surface area contributed by atoms with Crippen LogP contribution in [0.1, 0.15) is 67.7 Å². The molecule has 1 saturated carbocycles. The molecule has 0 aromatic carbocycles. The molecule has 0 atom stereocenters. The fraction of sp³-hybridized carbons (Fsp3) is 0.643. The third-order valence-corrected chi connectivity index (χ3v) is 4.10. The lowest BCUT2D eigenvalue weighted by atomic mass is 9.87. The number of anilines is 1. The first-order valence-electron chi connectivity index (χ1n) is 7.41. The highest BCUT2D eigenvalue weighted by atomic mass is 16.2. The lowest BCUT2D eigenvalue weighted by Crippen LogP contribution is -2.39. The van der Waals surface area contributed by atoms with Gasteiger partial charge in [0.2, 0.25) is 5.91 Å². The zero-order valence-corrected chi connectivity index (χ0v) is 12.6. The van der Waals surface area contributed by atoms with Crippen molar-refractivity contribution in [2.24, 2.45) is 18.6 Å². The molecule has 21 heavy (non-hydrogen) atoms. The maximum Gasteiger partial charge on any atom is 0.284 e. The van der Waals surface area contributed by atoms with E-state index in [1.807, 2.05) is 0 Å². The Labute approximate surface area is 124 Å². The van der Waals surface area contributed by atoms with Crippen LogP contribution in [-0.4, -0.2) is 21.4 Å². The topological polar surface area (TPSA) is 107 Å². The number of carbonyl (C=O) groups excluding carboxylic acids is 2. The first-order valence-corrected chi connectivity index (χ1v) is 7.41. The van der Waals surface area contributed by atoms with Gasteiger partial charge >= 0.3 is 0 Å². The normalized spacial score (nSPS) is 16.0. The van der Waals surface area contributed by atoms with Crippen LogP contribution >= 0.6 is 0 Å². The van der Waals surface area contributed by atoms with E-state index >= 15 is 0 Å². The SMILES string of the molecule is CCC(=O)N(N)c1c(C2CCCCC2)nc(C(N)=O)n1C. The number of carbonyl (C=O) groups is 2. The van der Waals surface area contributed by atoms with Crippen molar-refractivity contribution in [1.29, 1.82) is 0 Å². The van der Waals surface area contributed by atoms with E-state index < -0.39 is 5.91 Å². The zero-order valence-electron chi connectivity index (χ0n) is 12.6. The predicted molar refractivity (Wildman–Crippen MR) is 79.5 cm³/mol. The molecule has 7 heteroatoms. The number of hydrazine groups is 1. The van der Waals surface area contributed by atoms with Crippen LogP contribution in [0.15, 0.2) is 0 Å². The van der Waals surface area contributed by atoms with Gasteiger partial charge in [-0.2, -0.15) is 0 Å². The minimum atomic E-state index is -0.613. The van der Waals surface area contributed by atoms with E-state index in [4.69, 9.17) is 11.6 Å². The summed E-state index contributed by atoms with van der Waals surface area (Å²) in [4.78, 5) is 27.8. The smallest absolute Gasteiger partial charge is 0.284 e. The second kappa shape index (κ2) is 6.26. The van der Waals surface area contributed by atoms with Gasteiger partial charge < -0.3 is 10.3 Å². The number of imidazole rings is 1. The van der Waals surface area contributed by atoms with Crippen molar-refractivity contribution in [2.75, 3.05) is 5.01 Å². The summed E-state index contributed by atoms with van der Waals surface area (Å²) in [6.07, 6.45) is 5.74. The number of hydrogen-bond acceptors (Lipinski definition) is 4. The molecule has 1 fully saturated rings. The molecular weight excluding hydrogens is 270 g/mol. The number of nitrogens with zero attached hydrogens (tertiary/aromatic N) is 3. The van der Waals surface area contributed by atoms with Gasteiger partial charge in [-0.05, 0) is 12.8 Å². The van der Waals surface area contributed by atoms with Gasteiger partial charge in [-0.15, -0.1) is 0 Å². The molecule has 0 saturated heterocycles. The average molecular weight is 293 g/mol. The van der Waals surface area contributed by atoms with Gasteiger partial charge in [0.05, 0.1) is 5.69 Å². The molecule has 116 valence electrons. The Morgan fingerprint density at radius 1 is 1.33 bits per heavy atom. The Hall–Kier alpha value is -1.89. The van der Waals surface area contributed by atoms with Gasteiger partial charge in [-0.1, -0.05) is 26.2 Å². The number of amides is 2. The van der Waals surface area contributed by atoms with Gasteiger partial charge in [0.25, 0.3) is 5.91 Å². The molecule has 1 aliphatic rings. The third-order valence-electron chi connectivity index (χ3n) is 4.10. The molecular formula is C14H23N5O2. The molecule has 0 bridgehead atoms. The lowest BCUT2D eigenvalue weighted by molar-refractivity contribution is -0.118. The summed E-state index contributed by atoms with van der Waals surface area (Å²) in [5.74, 6) is 5.97. The molecule has 1 aliphatic carbocycles. The number of nitrogens with two attached hydrogens (primary N) is 2. The molecule has 0 radical (unpaired) electrons. The van der Waals surface area contributed by atoms with Crippen molar-refractivity contribution in [2.45, 2.75) is 51.4 Å². The monoisotopic (exact) mass is 293 g/mol. The Morgan fingerprint density at radius 2 is 1.95 bits per heavy atom. The summed E-state index contributed by atoms with van der Waals surface area (Å²) >= 11 is 0. The first kappa shape index (κ1) is 15.5. The fourth-order valence-corrected chi connectivity index (χ4v) is 2.95. The zero-order chi connectivity index (χ0) is 15.6. The van der Waals surface area contributed by atoms with Crippen LogP contribution in [0.25, 0.3) is 0 Å². The van der Waals surface area contributed by atoms with Crippen LogP contribution < -0.4 is 16.6 Å². The quantitative estimate of drug-likeness (QED) is 0.493. The summed E-state index contributed by atoms with van der Waals surface area (Å²) in [6.45, 7) is 1.74. The molecule has 0 aliphatic heterocycles. The van der Waals surface area contributed by atoms with E-state index in [-0.39, 0.29) is 24.1 Å². The molecule has 1 aromatic heterocycles. The Balaban J connectivity index is 2.48. The largest absolute Gasteiger partial charge is 0.363 e. The fourth-order valence-electron chi connectivity index (χ4n) is 2.95. The molecule has 7 nitrogen and oxygen atoms in total. The number of primary amides is 1. The number of aromatic nitrogens is 2. The summed E-state index contributed by atoms with van der Waals surface area (Å²) < 4.78 is 1.53. The van der Waals surface area contributed by atoms with Crippen LogP contribution in [0.2, 0.25) is 0 Å². The van der Waals surface area contributed by atoms with E-state index in [0.717, 1.165) is 36.4 Å². The molecule has 0 unspecified atom stereocenters. The van der Waals surface area contributed by atoms with Crippen molar-refractivity contribution in [1.82, 2.24) is 9.55 Å². The predicted octanol–water partition coefficient (Wildman–Crippen LogP) is 1.18. The molecule has 2 amide bonds. The molecule has 0 spiro atoms. The van der Waals surface area contributed by atoms with Gasteiger partial charge in [0.15, 0.2) is 11.6 Å². The van der Waals surface area contributed by atoms with Gasteiger partial charge in [0.1, 0.15) is 0 Å². The molecule has 1 heterocycles. The third kappa shape index (κ3) is 2.92. The Bertz CT molecular complexity index is 546. The van der Waals surface area contributed by atoms with Crippen molar-refractivity contribution >= 4 is 17.6 Å². The van der Waals surface area contributed by atoms with Gasteiger partial charge in [0, 0.05) is 19.4 Å².